The minimum Gasteiger partial charge on any atom is -0.456 e. The smallest absolute Gasteiger partial charge is 0.397 e. The number of aliphatic hydroxyl groups is 3. The van der Waals surface area contributed by atoms with E-state index in [0.717, 1.165) is 38.5 Å². The number of rotatable bonds is 13. The molecule has 1 aliphatic rings. The van der Waals surface area contributed by atoms with Crippen LogP contribution in [0.1, 0.15) is 50.5 Å². The van der Waals surface area contributed by atoms with Gasteiger partial charge in [0.05, 0.1) is 6.61 Å². The summed E-state index contributed by atoms with van der Waals surface area (Å²) in [5.41, 5.74) is 6.71. The molecule has 1 aromatic rings. The second-order valence-corrected chi connectivity index (χ2v) is 9.13. The summed E-state index contributed by atoms with van der Waals surface area (Å²) in [6.07, 6.45) is -0.977. The Hall–Kier alpha value is -1.64. The third-order valence-corrected chi connectivity index (χ3v) is 5.85. The van der Waals surface area contributed by atoms with Crippen molar-refractivity contribution in [2.24, 2.45) is 5.73 Å². The number of aliphatic hydroxyl groups excluding tert-OH is 2. The van der Waals surface area contributed by atoms with Crippen LogP contribution in [-0.2, 0) is 35.3 Å². The van der Waals surface area contributed by atoms with Gasteiger partial charge in [-0.05, 0) is 24.8 Å². The van der Waals surface area contributed by atoms with E-state index < -0.39 is 53.3 Å². The van der Waals surface area contributed by atoms with Gasteiger partial charge in [0.15, 0.2) is 12.2 Å². The minimum absolute atomic E-state index is 0.0283. The molecule has 5 atom stereocenters. The first-order valence-electron chi connectivity index (χ1n) is 10.9. The van der Waals surface area contributed by atoms with Gasteiger partial charge < -0.3 is 24.8 Å². The Bertz CT molecular complexity index is 833. The highest BCUT2D eigenvalue weighted by Crippen LogP contribution is 2.30. The molecule has 1 aliphatic heterocycles. The molecule has 0 radical (unpaired) electrons. The molecule has 1 fully saturated rings. The Morgan fingerprint density at radius 2 is 1.67 bits per heavy atom. The fourth-order valence-electron chi connectivity index (χ4n) is 3.70. The lowest BCUT2D eigenvalue weighted by Gasteiger charge is -2.45. The second kappa shape index (κ2) is 12.7. The van der Waals surface area contributed by atoms with Gasteiger partial charge in [-0.25, -0.2) is 4.18 Å². The van der Waals surface area contributed by atoms with Crippen LogP contribution in [0.4, 0.5) is 0 Å². The molecular formula is C21H33NO10S. The molecule has 0 spiro atoms. The zero-order chi connectivity index (χ0) is 24.5. The van der Waals surface area contributed by atoms with E-state index in [4.69, 9.17) is 19.8 Å². The summed E-state index contributed by atoms with van der Waals surface area (Å²) in [5, 5.41) is 29.5. The summed E-state index contributed by atoms with van der Waals surface area (Å²) in [7, 11) is -5.06. The number of carbonyl (C=O) groups is 1. The molecule has 0 aromatic heterocycles. The van der Waals surface area contributed by atoms with Gasteiger partial charge in [-0.15, -0.1) is 0 Å². The Kier molecular flexibility index (Phi) is 10.6. The maximum absolute atomic E-state index is 12.2. The summed E-state index contributed by atoms with van der Waals surface area (Å²) in [6, 6.07) is 10.2. The summed E-state index contributed by atoms with van der Waals surface area (Å²) in [4.78, 5) is 12.2. The molecule has 12 heteroatoms. The van der Waals surface area contributed by atoms with Crippen molar-refractivity contribution < 1.29 is 46.7 Å². The van der Waals surface area contributed by atoms with E-state index in [1.165, 1.54) is 5.56 Å². The first kappa shape index (κ1) is 27.6. The Morgan fingerprint density at radius 3 is 2.27 bits per heavy atom. The topological polar surface area (TPSA) is 186 Å². The largest absolute Gasteiger partial charge is 0.456 e. The van der Waals surface area contributed by atoms with Crippen LogP contribution < -0.4 is 5.73 Å². The molecule has 1 saturated heterocycles. The van der Waals surface area contributed by atoms with Crippen LogP contribution in [0.5, 0.6) is 0 Å². The van der Waals surface area contributed by atoms with Crippen molar-refractivity contribution in [2.75, 3.05) is 6.61 Å². The maximum atomic E-state index is 12.2. The SMILES string of the molecule is N[C@]1(O)O[C@H](CO)[C@@H](OS(=O)(=O)O)[C@H](OC(=O)CCCCCCCCc2ccccc2)[C@H]1O. The van der Waals surface area contributed by atoms with Crippen LogP contribution >= 0.6 is 0 Å². The van der Waals surface area contributed by atoms with Crippen molar-refractivity contribution in [3.63, 3.8) is 0 Å². The van der Waals surface area contributed by atoms with Crippen molar-refractivity contribution in [3.8, 4) is 0 Å². The van der Waals surface area contributed by atoms with Crippen LogP contribution in [0, 0.1) is 0 Å². The van der Waals surface area contributed by atoms with Crippen molar-refractivity contribution in [1.29, 1.82) is 0 Å². The van der Waals surface area contributed by atoms with Gasteiger partial charge in [0.2, 0.25) is 0 Å². The zero-order valence-corrected chi connectivity index (χ0v) is 19.1. The molecule has 0 bridgehead atoms. The molecular weight excluding hydrogens is 458 g/mol. The number of esters is 1. The fourth-order valence-corrected chi connectivity index (χ4v) is 4.21. The molecule has 1 aromatic carbocycles. The number of unbranched alkanes of at least 4 members (excludes halogenated alkanes) is 5. The van der Waals surface area contributed by atoms with Gasteiger partial charge in [0.25, 0.3) is 5.91 Å². The van der Waals surface area contributed by atoms with Gasteiger partial charge in [-0.1, -0.05) is 56.0 Å². The summed E-state index contributed by atoms with van der Waals surface area (Å²) in [5.74, 6) is -3.53. The summed E-state index contributed by atoms with van der Waals surface area (Å²) in [6.45, 7) is -0.898. The number of hydrogen-bond acceptors (Lipinski definition) is 10. The van der Waals surface area contributed by atoms with E-state index in [0.29, 0.717) is 6.42 Å². The highest BCUT2D eigenvalue weighted by molar-refractivity contribution is 7.80. The Morgan fingerprint density at radius 1 is 1.06 bits per heavy atom. The van der Waals surface area contributed by atoms with Gasteiger partial charge >= 0.3 is 16.4 Å². The fraction of sp³-hybridized carbons (Fsp3) is 0.667. The van der Waals surface area contributed by atoms with E-state index >= 15 is 0 Å². The maximum Gasteiger partial charge on any atom is 0.397 e. The average Bonchev–Trinajstić information content (AvgIpc) is 2.75. The summed E-state index contributed by atoms with van der Waals surface area (Å²) >= 11 is 0. The quantitative estimate of drug-likeness (QED) is 0.111. The lowest BCUT2D eigenvalue weighted by molar-refractivity contribution is -0.344. The van der Waals surface area contributed by atoms with Gasteiger partial charge in [-0.2, -0.15) is 8.42 Å². The lowest BCUT2D eigenvalue weighted by Crippen LogP contribution is -2.70. The third-order valence-electron chi connectivity index (χ3n) is 5.38. The van der Waals surface area contributed by atoms with Crippen LogP contribution in [0.2, 0.25) is 0 Å². The molecule has 2 rings (SSSR count). The first-order chi connectivity index (χ1) is 15.5. The molecule has 6 N–H and O–H groups in total. The Balaban J connectivity index is 1.76. The molecule has 0 saturated carbocycles. The molecule has 33 heavy (non-hydrogen) atoms. The van der Waals surface area contributed by atoms with Crippen molar-refractivity contribution >= 4 is 16.4 Å². The molecule has 1 heterocycles. The predicted octanol–water partition coefficient (Wildman–Crippen LogP) is 0.416. The van der Waals surface area contributed by atoms with E-state index in [2.05, 4.69) is 16.3 Å². The van der Waals surface area contributed by atoms with Crippen molar-refractivity contribution in [2.45, 2.75) is 81.7 Å². The predicted molar refractivity (Wildman–Crippen MR) is 116 cm³/mol. The number of carbonyl (C=O) groups excluding carboxylic acids is 1. The van der Waals surface area contributed by atoms with E-state index in [1.54, 1.807) is 0 Å². The number of nitrogens with two attached hydrogens (primary N) is 1. The van der Waals surface area contributed by atoms with E-state index in [-0.39, 0.29) is 6.42 Å². The number of hydrogen-bond donors (Lipinski definition) is 5. The first-order valence-corrected chi connectivity index (χ1v) is 12.3. The standard InChI is InChI=1S/C21H33NO10S/c22-21(26)20(25)19(18(16(14-23)31-21)32-33(27,28)29)30-17(24)13-9-4-2-1-3-6-10-15-11-7-5-8-12-15/h5,7-8,11-12,16,18-20,23,25-26H,1-4,6,9-10,13-14,22H2,(H,27,28,29)/t16-,18-,19+,20-,21-/m1/s1. The van der Waals surface area contributed by atoms with Crippen LogP contribution in [0.15, 0.2) is 30.3 Å². The molecule has 11 nitrogen and oxygen atoms in total. The highest BCUT2D eigenvalue weighted by Gasteiger charge is 2.55. The normalized spacial score (nSPS) is 27.9. The van der Waals surface area contributed by atoms with Gasteiger partial charge in [0, 0.05) is 6.42 Å². The minimum atomic E-state index is -5.06. The highest BCUT2D eigenvalue weighted by atomic mass is 32.3. The van der Waals surface area contributed by atoms with Gasteiger partial charge in [-0.3, -0.25) is 15.1 Å². The van der Waals surface area contributed by atoms with Crippen molar-refractivity contribution in [1.82, 2.24) is 0 Å². The second-order valence-electron chi connectivity index (χ2n) is 8.09. The lowest BCUT2D eigenvalue weighted by atomic mass is 9.96. The zero-order valence-electron chi connectivity index (χ0n) is 18.3. The molecule has 188 valence electrons. The van der Waals surface area contributed by atoms with E-state index in [9.17, 15) is 28.5 Å². The Labute approximate surface area is 193 Å². The molecule has 0 aliphatic carbocycles. The number of aryl methyl sites for hydroxylation is 1. The monoisotopic (exact) mass is 491 g/mol. The van der Waals surface area contributed by atoms with Gasteiger partial charge in [0.1, 0.15) is 12.2 Å². The number of ether oxygens (including phenoxy) is 2. The third kappa shape index (κ3) is 9.26. The average molecular weight is 492 g/mol. The number of benzene rings is 1. The van der Waals surface area contributed by atoms with Crippen LogP contribution in [0.3, 0.4) is 0 Å². The van der Waals surface area contributed by atoms with Crippen LogP contribution in [0.25, 0.3) is 0 Å². The summed E-state index contributed by atoms with van der Waals surface area (Å²) < 4.78 is 45.6. The van der Waals surface area contributed by atoms with Crippen molar-refractivity contribution in [3.05, 3.63) is 35.9 Å². The van der Waals surface area contributed by atoms with Crippen LogP contribution in [-0.4, -0.2) is 71.2 Å². The van der Waals surface area contributed by atoms with E-state index in [1.807, 2.05) is 18.2 Å². The molecule has 0 amide bonds. The molecule has 0 unspecified atom stereocenters.